The molecule has 1 aromatic carbocycles. The molecular formula is C13H9BrCl2O2S. The Kier molecular flexibility index (Phi) is 3.94. The van der Waals surface area contributed by atoms with Crippen molar-refractivity contribution in [1.82, 2.24) is 0 Å². The van der Waals surface area contributed by atoms with Gasteiger partial charge in [0.05, 0.1) is 8.81 Å². The van der Waals surface area contributed by atoms with E-state index in [1.807, 2.05) is 30.3 Å². The molecule has 3 rings (SSSR count). The predicted molar refractivity (Wildman–Crippen MR) is 82.0 cm³/mol. The van der Waals surface area contributed by atoms with E-state index < -0.39 is 0 Å². The molecule has 2 heterocycles. The maximum absolute atomic E-state index is 6.46. The van der Waals surface area contributed by atoms with Crippen molar-refractivity contribution in [3.8, 4) is 11.5 Å². The quantitative estimate of drug-likeness (QED) is 0.660. The third-order valence-electron chi connectivity index (χ3n) is 2.79. The van der Waals surface area contributed by atoms with Crippen LogP contribution >= 0.6 is 50.5 Å². The fraction of sp³-hybridized carbons (Fsp3) is 0.231. The van der Waals surface area contributed by atoms with Crippen molar-refractivity contribution < 1.29 is 9.47 Å². The van der Waals surface area contributed by atoms with Gasteiger partial charge in [-0.2, -0.15) is 0 Å². The first kappa shape index (κ1) is 13.6. The van der Waals surface area contributed by atoms with Crippen molar-refractivity contribution in [2.24, 2.45) is 0 Å². The number of rotatable bonds is 2. The fourth-order valence-corrected chi connectivity index (χ4v) is 3.96. The smallest absolute Gasteiger partial charge is 0.161 e. The summed E-state index contributed by atoms with van der Waals surface area (Å²) < 4.78 is 12.4. The first-order valence-corrected chi connectivity index (χ1v) is 8.05. The lowest BCUT2D eigenvalue weighted by molar-refractivity contribution is 0.0883. The largest absolute Gasteiger partial charge is 0.486 e. The van der Waals surface area contributed by atoms with Crippen LogP contribution in [0.4, 0.5) is 0 Å². The first-order chi connectivity index (χ1) is 9.15. The van der Waals surface area contributed by atoms with Gasteiger partial charge in [0.1, 0.15) is 12.0 Å². The van der Waals surface area contributed by atoms with Crippen molar-refractivity contribution in [3.05, 3.63) is 44.0 Å². The van der Waals surface area contributed by atoms with Gasteiger partial charge in [-0.25, -0.2) is 0 Å². The average molecular weight is 380 g/mol. The monoisotopic (exact) mass is 378 g/mol. The highest BCUT2D eigenvalue weighted by molar-refractivity contribution is 9.11. The van der Waals surface area contributed by atoms with Crippen molar-refractivity contribution in [1.29, 1.82) is 0 Å². The van der Waals surface area contributed by atoms with Crippen molar-refractivity contribution in [3.63, 3.8) is 0 Å². The lowest BCUT2D eigenvalue weighted by Crippen LogP contribution is -2.32. The van der Waals surface area contributed by atoms with Crippen molar-refractivity contribution in [2.45, 2.75) is 11.5 Å². The zero-order valence-corrected chi connectivity index (χ0v) is 13.5. The molecule has 0 saturated carbocycles. The molecule has 2 unspecified atom stereocenters. The molecule has 0 aliphatic carbocycles. The minimum Gasteiger partial charge on any atom is -0.486 e. The molecule has 0 radical (unpaired) electrons. The van der Waals surface area contributed by atoms with Crippen molar-refractivity contribution >= 4 is 50.5 Å². The second-order valence-corrected chi connectivity index (χ2v) is 7.37. The van der Waals surface area contributed by atoms with Gasteiger partial charge < -0.3 is 9.47 Å². The lowest BCUT2D eigenvalue weighted by Gasteiger charge is -2.28. The first-order valence-electron chi connectivity index (χ1n) is 5.62. The second kappa shape index (κ2) is 5.52. The molecule has 1 aromatic heterocycles. The molecule has 2 nitrogen and oxygen atoms in total. The van der Waals surface area contributed by atoms with Gasteiger partial charge in [0.15, 0.2) is 17.6 Å². The highest BCUT2D eigenvalue weighted by atomic mass is 79.9. The summed E-state index contributed by atoms with van der Waals surface area (Å²) in [4.78, 5) is 0.964. The number of ether oxygens (including phenoxy) is 2. The summed E-state index contributed by atoms with van der Waals surface area (Å²) in [6.07, 6.45) is -0.224. The Hall–Kier alpha value is -0.420. The van der Waals surface area contributed by atoms with Gasteiger partial charge in [0.25, 0.3) is 0 Å². The van der Waals surface area contributed by atoms with E-state index in [0.29, 0.717) is 11.6 Å². The van der Waals surface area contributed by atoms with Crippen LogP contribution in [0.15, 0.2) is 34.1 Å². The van der Waals surface area contributed by atoms with Crippen LogP contribution in [0, 0.1) is 0 Å². The zero-order chi connectivity index (χ0) is 13.4. The van der Waals surface area contributed by atoms with Gasteiger partial charge in [-0.15, -0.1) is 22.9 Å². The van der Waals surface area contributed by atoms with Crippen LogP contribution in [0.25, 0.3) is 0 Å². The number of fused-ring (bicyclic) bond motifs is 1. The van der Waals surface area contributed by atoms with E-state index in [1.165, 1.54) is 11.3 Å². The Balaban J connectivity index is 1.81. The summed E-state index contributed by atoms with van der Waals surface area (Å²) in [6, 6.07) is 9.44. The Labute approximate surface area is 133 Å². The van der Waals surface area contributed by atoms with E-state index in [0.717, 1.165) is 20.2 Å². The maximum Gasteiger partial charge on any atom is 0.161 e. The number of thiophene rings is 1. The Morgan fingerprint density at radius 1 is 1.32 bits per heavy atom. The molecule has 19 heavy (non-hydrogen) atoms. The van der Waals surface area contributed by atoms with E-state index in [4.69, 9.17) is 32.7 Å². The fourth-order valence-electron chi connectivity index (χ4n) is 1.86. The standard InChI is InChI=1S/C13H9BrCl2O2S/c14-13-7(15)5-11(19-13)12(16)10-6-17-8-3-1-2-4-9(8)18-10/h1-5,10,12H,6H2. The SMILES string of the molecule is Clc1cc(C(Cl)C2COc3ccccc3O2)sc1Br. The van der Waals surface area contributed by atoms with Gasteiger partial charge in [-0.05, 0) is 34.1 Å². The lowest BCUT2D eigenvalue weighted by atomic mass is 10.2. The Morgan fingerprint density at radius 3 is 2.74 bits per heavy atom. The summed E-state index contributed by atoms with van der Waals surface area (Å²) in [5, 5.41) is 0.380. The van der Waals surface area contributed by atoms with Crippen LogP contribution in [-0.2, 0) is 0 Å². The molecule has 100 valence electrons. The molecule has 1 aliphatic heterocycles. The minimum absolute atomic E-state index is 0.224. The molecule has 0 amide bonds. The molecule has 6 heteroatoms. The predicted octanol–water partition coefficient (Wildman–Crippen LogP) is 5.28. The van der Waals surface area contributed by atoms with E-state index >= 15 is 0 Å². The molecule has 0 N–H and O–H groups in total. The third-order valence-corrected chi connectivity index (χ3v) is 6.00. The van der Waals surface area contributed by atoms with E-state index in [2.05, 4.69) is 15.9 Å². The molecule has 0 spiro atoms. The summed E-state index contributed by atoms with van der Waals surface area (Å²) in [5.74, 6) is 1.49. The zero-order valence-electron chi connectivity index (χ0n) is 9.61. The van der Waals surface area contributed by atoms with Crippen LogP contribution in [0.5, 0.6) is 11.5 Å². The van der Waals surface area contributed by atoms with Crippen LogP contribution in [0.3, 0.4) is 0 Å². The normalized spacial score (nSPS) is 19.2. The van der Waals surface area contributed by atoms with Crippen LogP contribution in [-0.4, -0.2) is 12.7 Å². The van der Waals surface area contributed by atoms with Gasteiger partial charge >= 0.3 is 0 Å². The Bertz CT molecular complexity index is 583. The molecule has 1 aliphatic rings. The number of para-hydroxylation sites is 2. The van der Waals surface area contributed by atoms with Gasteiger partial charge in [-0.3, -0.25) is 0 Å². The summed E-state index contributed by atoms with van der Waals surface area (Å²) >= 11 is 17.4. The molecular weight excluding hydrogens is 371 g/mol. The van der Waals surface area contributed by atoms with Crippen molar-refractivity contribution in [2.75, 3.05) is 6.61 Å². The maximum atomic E-state index is 6.46. The van der Waals surface area contributed by atoms with E-state index in [1.54, 1.807) is 0 Å². The molecule has 2 aromatic rings. The topological polar surface area (TPSA) is 18.5 Å². The summed E-state index contributed by atoms with van der Waals surface area (Å²) in [5.41, 5.74) is 0. The average Bonchev–Trinajstić information content (AvgIpc) is 2.77. The number of halogens is 3. The van der Waals surface area contributed by atoms with Gasteiger partial charge in [0, 0.05) is 4.88 Å². The van der Waals surface area contributed by atoms with E-state index in [-0.39, 0.29) is 11.5 Å². The molecule has 0 fully saturated rings. The third kappa shape index (κ3) is 2.72. The van der Waals surface area contributed by atoms with Crippen LogP contribution in [0.2, 0.25) is 5.02 Å². The molecule has 0 saturated heterocycles. The highest BCUT2D eigenvalue weighted by Gasteiger charge is 2.30. The number of benzene rings is 1. The van der Waals surface area contributed by atoms with Gasteiger partial charge in [-0.1, -0.05) is 23.7 Å². The number of hydrogen-bond acceptors (Lipinski definition) is 3. The number of alkyl halides is 1. The molecule has 0 bridgehead atoms. The molecule has 2 atom stereocenters. The summed E-state index contributed by atoms with van der Waals surface area (Å²) in [7, 11) is 0. The number of hydrogen-bond donors (Lipinski definition) is 0. The minimum atomic E-state index is -0.290. The highest BCUT2D eigenvalue weighted by Crippen LogP contribution is 2.42. The van der Waals surface area contributed by atoms with Gasteiger partial charge in [0.2, 0.25) is 0 Å². The Morgan fingerprint density at radius 2 is 2.05 bits per heavy atom. The van der Waals surface area contributed by atoms with E-state index in [9.17, 15) is 0 Å². The second-order valence-electron chi connectivity index (χ2n) is 4.09. The van der Waals surface area contributed by atoms with Crippen LogP contribution < -0.4 is 9.47 Å². The summed E-state index contributed by atoms with van der Waals surface area (Å²) in [6.45, 7) is 0.429. The van der Waals surface area contributed by atoms with Crippen LogP contribution in [0.1, 0.15) is 10.3 Å².